The van der Waals surface area contributed by atoms with Crippen LogP contribution in [0.3, 0.4) is 0 Å². The molecular weight excluding hydrogens is 122 g/mol. The predicted octanol–water partition coefficient (Wildman–Crippen LogP) is 2.32. The van der Waals surface area contributed by atoms with Crippen LogP contribution in [0.4, 0.5) is 0 Å². The summed E-state index contributed by atoms with van der Waals surface area (Å²) in [6.07, 6.45) is 5.42. The first kappa shape index (κ1) is 8.06. The van der Waals surface area contributed by atoms with E-state index in [0.717, 1.165) is 6.04 Å². The quantitative estimate of drug-likeness (QED) is 0.636. The lowest BCUT2D eigenvalue weighted by Gasteiger charge is -2.46. The normalized spacial score (nSPS) is 39.3. The third kappa shape index (κ3) is 1.72. The minimum atomic E-state index is 0.495. The summed E-state index contributed by atoms with van der Waals surface area (Å²) in [5.74, 6) is 0. The Morgan fingerprint density at radius 1 is 1.60 bits per heavy atom. The van der Waals surface area contributed by atoms with Crippen molar-refractivity contribution in [3.63, 3.8) is 0 Å². The van der Waals surface area contributed by atoms with Crippen LogP contribution in [0.15, 0.2) is 0 Å². The van der Waals surface area contributed by atoms with Gasteiger partial charge in [0.25, 0.3) is 0 Å². The lowest BCUT2D eigenvalue weighted by Crippen LogP contribution is -2.60. The van der Waals surface area contributed by atoms with Gasteiger partial charge >= 0.3 is 0 Å². The zero-order chi connectivity index (χ0) is 7.61. The summed E-state index contributed by atoms with van der Waals surface area (Å²) in [6, 6.07) is 0.766. The molecule has 2 atom stereocenters. The molecule has 1 N–H and O–H groups in total. The molecule has 10 heavy (non-hydrogen) atoms. The van der Waals surface area contributed by atoms with E-state index in [-0.39, 0.29) is 0 Å². The van der Waals surface area contributed by atoms with Crippen LogP contribution in [0.1, 0.15) is 46.5 Å². The molecule has 0 aromatic carbocycles. The molecule has 0 amide bonds. The van der Waals surface area contributed by atoms with E-state index in [2.05, 4.69) is 26.1 Å². The molecule has 1 aliphatic rings. The van der Waals surface area contributed by atoms with Crippen LogP contribution in [0.25, 0.3) is 0 Å². The van der Waals surface area contributed by atoms with Gasteiger partial charge in [0.05, 0.1) is 0 Å². The van der Waals surface area contributed by atoms with Crippen molar-refractivity contribution in [2.24, 2.45) is 0 Å². The maximum absolute atomic E-state index is 3.55. The van der Waals surface area contributed by atoms with E-state index in [4.69, 9.17) is 0 Å². The van der Waals surface area contributed by atoms with E-state index in [9.17, 15) is 0 Å². The average molecular weight is 141 g/mol. The molecule has 1 rings (SSSR count). The third-order valence-electron chi connectivity index (χ3n) is 2.43. The highest BCUT2D eigenvalue weighted by Crippen LogP contribution is 2.28. The SMILES string of the molecule is CCCCC1(C)CC(C)N1. The zero-order valence-corrected chi connectivity index (χ0v) is 7.41. The molecule has 1 saturated heterocycles. The van der Waals surface area contributed by atoms with Gasteiger partial charge in [0, 0.05) is 11.6 Å². The maximum atomic E-state index is 3.55. The molecule has 1 nitrogen and oxygen atoms in total. The van der Waals surface area contributed by atoms with Crippen molar-refractivity contribution in [1.82, 2.24) is 5.32 Å². The summed E-state index contributed by atoms with van der Waals surface area (Å²) in [4.78, 5) is 0. The molecule has 1 fully saturated rings. The fraction of sp³-hybridized carbons (Fsp3) is 1.00. The van der Waals surface area contributed by atoms with Crippen LogP contribution < -0.4 is 5.32 Å². The molecule has 0 saturated carbocycles. The third-order valence-corrected chi connectivity index (χ3v) is 2.43. The standard InChI is InChI=1S/C9H19N/c1-4-5-6-9(3)7-8(2)10-9/h8,10H,4-7H2,1-3H3. The number of hydrogen-bond donors (Lipinski definition) is 1. The second-order valence-corrected chi connectivity index (χ2v) is 3.91. The van der Waals surface area contributed by atoms with Gasteiger partial charge in [-0.25, -0.2) is 0 Å². The summed E-state index contributed by atoms with van der Waals surface area (Å²) in [5, 5.41) is 3.55. The van der Waals surface area contributed by atoms with Gasteiger partial charge in [0.15, 0.2) is 0 Å². The smallest absolute Gasteiger partial charge is 0.0170 e. The van der Waals surface area contributed by atoms with Crippen molar-refractivity contribution < 1.29 is 0 Å². The molecule has 0 spiro atoms. The summed E-state index contributed by atoms with van der Waals surface area (Å²) in [5.41, 5.74) is 0.495. The lowest BCUT2D eigenvalue weighted by atomic mass is 9.80. The number of rotatable bonds is 3. The van der Waals surface area contributed by atoms with Crippen molar-refractivity contribution in [2.45, 2.75) is 58.0 Å². The Bertz CT molecular complexity index is 103. The van der Waals surface area contributed by atoms with Gasteiger partial charge in [-0.3, -0.25) is 0 Å². The minimum absolute atomic E-state index is 0.495. The van der Waals surface area contributed by atoms with Crippen LogP contribution in [0.5, 0.6) is 0 Å². The van der Waals surface area contributed by atoms with Gasteiger partial charge in [0.1, 0.15) is 0 Å². The topological polar surface area (TPSA) is 12.0 Å². The van der Waals surface area contributed by atoms with E-state index in [0.29, 0.717) is 5.54 Å². The fourth-order valence-electron chi connectivity index (χ4n) is 1.99. The first-order chi connectivity index (χ1) is 4.66. The van der Waals surface area contributed by atoms with Crippen molar-refractivity contribution >= 4 is 0 Å². The first-order valence-corrected chi connectivity index (χ1v) is 4.44. The Morgan fingerprint density at radius 3 is 2.60 bits per heavy atom. The molecule has 1 heterocycles. The van der Waals surface area contributed by atoms with Gasteiger partial charge in [0.2, 0.25) is 0 Å². The summed E-state index contributed by atoms with van der Waals surface area (Å²) in [6.45, 7) is 6.85. The van der Waals surface area contributed by atoms with Gasteiger partial charge in [-0.1, -0.05) is 19.8 Å². The first-order valence-electron chi connectivity index (χ1n) is 4.44. The molecule has 0 radical (unpaired) electrons. The highest BCUT2D eigenvalue weighted by Gasteiger charge is 2.35. The Hall–Kier alpha value is -0.0400. The van der Waals surface area contributed by atoms with Crippen LogP contribution in [0.2, 0.25) is 0 Å². The Balaban J connectivity index is 2.15. The molecule has 0 aliphatic carbocycles. The van der Waals surface area contributed by atoms with Gasteiger partial charge in [-0.15, -0.1) is 0 Å². The summed E-state index contributed by atoms with van der Waals surface area (Å²) < 4.78 is 0. The van der Waals surface area contributed by atoms with Crippen molar-refractivity contribution in [3.8, 4) is 0 Å². The lowest BCUT2D eigenvalue weighted by molar-refractivity contribution is 0.152. The van der Waals surface area contributed by atoms with Gasteiger partial charge < -0.3 is 5.32 Å². The Labute approximate surface area is 64.2 Å². The van der Waals surface area contributed by atoms with Crippen molar-refractivity contribution in [1.29, 1.82) is 0 Å². The van der Waals surface area contributed by atoms with Crippen molar-refractivity contribution in [3.05, 3.63) is 0 Å². The highest BCUT2D eigenvalue weighted by molar-refractivity contribution is 4.97. The zero-order valence-electron chi connectivity index (χ0n) is 7.41. The number of hydrogen-bond acceptors (Lipinski definition) is 1. The molecule has 0 aromatic heterocycles. The Kier molecular flexibility index (Phi) is 2.35. The molecular formula is C9H19N. The second-order valence-electron chi connectivity index (χ2n) is 3.91. The highest BCUT2D eigenvalue weighted by atomic mass is 15.1. The van der Waals surface area contributed by atoms with E-state index < -0.39 is 0 Å². The second kappa shape index (κ2) is 2.91. The molecule has 0 aromatic rings. The van der Waals surface area contributed by atoms with E-state index in [1.54, 1.807) is 0 Å². The number of unbranched alkanes of at least 4 members (excludes halogenated alkanes) is 1. The largest absolute Gasteiger partial charge is 0.309 e. The van der Waals surface area contributed by atoms with E-state index in [1.807, 2.05) is 0 Å². The molecule has 1 heteroatoms. The van der Waals surface area contributed by atoms with Crippen LogP contribution >= 0.6 is 0 Å². The monoisotopic (exact) mass is 141 g/mol. The predicted molar refractivity (Wildman–Crippen MR) is 45.1 cm³/mol. The summed E-state index contributed by atoms with van der Waals surface area (Å²) >= 11 is 0. The molecule has 0 bridgehead atoms. The van der Waals surface area contributed by atoms with Crippen LogP contribution in [-0.4, -0.2) is 11.6 Å². The molecule has 1 aliphatic heterocycles. The number of nitrogens with one attached hydrogen (secondary N) is 1. The van der Waals surface area contributed by atoms with Crippen LogP contribution in [0, 0.1) is 0 Å². The van der Waals surface area contributed by atoms with Gasteiger partial charge in [-0.05, 0) is 26.7 Å². The van der Waals surface area contributed by atoms with Crippen LogP contribution in [-0.2, 0) is 0 Å². The van der Waals surface area contributed by atoms with Gasteiger partial charge in [-0.2, -0.15) is 0 Å². The fourth-order valence-corrected chi connectivity index (χ4v) is 1.99. The molecule has 2 unspecified atom stereocenters. The van der Waals surface area contributed by atoms with E-state index >= 15 is 0 Å². The molecule has 60 valence electrons. The Morgan fingerprint density at radius 2 is 2.20 bits per heavy atom. The van der Waals surface area contributed by atoms with E-state index in [1.165, 1.54) is 25.7 Å². The maximum Gasteiger partial charge on any atom is 0.0170 e. The minimum Gasteiger partial charge on any atom is -0.309 e. The average Bonchev–Trinajstić information content (AvgIpc) is 1.81. The summed E-state index contributed by atoms with van der Waals surface area (Å²) in [7, 11) is 0. The van der Waals surface area contributed by atoms with Crippen molar-refractivity contribution in [2.75, 3.05) is 0 Å².